The fourth-order valence-corrected chi connectivity index (χ4v) is 1.73. The quantitative estimate of drug-likeness (QED) is 0.842. The van der Waals surface area contributed by atoms with Gasteiger partial charge in [-0.1, -0.05) is 27.7 Å². The molecule has 0 amide bonds. The topological polar surface area (TPSA) is 48.1 Å². The van der Waals surface area contributed by atoms with Crippen LogP contribution < -0.4 is 5.73 Å². The van der Waals surface area contributed by atoms with Gasteiger partial charge in [0.05, 0.1) is 6.10 Å². The Morgan fingerprint density at radius 3 is 2.39 bits per heavy atom. The SMILES string of the molecule is CCC(N)C(OCCC(C)(C)C)c1ccncc1. The van der Waals surface area contributed by atoms with E-state index in [0.717, 1.165) is 25.0 Å². The maximum Gasteiger partial charge on any atom is 0.0976 e. The normalized spacial score (nSPS) is 15.4. The first kappa shape index (κ1) is 15.1. The van der Waals surface area contributed by atoms with Crippen LogP contribution in [0.1, 0.15) is 52.2 Å². The van der Waals surface area contributed by atoms with Crippen molar-refractivity contribution in [2.24, 2.45) is 11.1 Å². The van der Waals surface area contributed by atoms with Gasteiger partial charge in [-0.15, -0.1) is 0 Å². The van der Waals surface area contributed by atoms with Crippen molar-refractivity contribution in [3.8, 4) is 0 Å². The third kappa shape index (κ3) is 5.15. The molecule has 0 saturated heterocycles. The van der Waals surface area contributed by atoms with Crippen molar-refractivity contribution in [1.29, 1.82) is 0 Å². The summed E-state index contributed by atoms with van der Waals surface area (Å²) in [7, 11) is 0. The highest BCUT2D eigenvalue weighted by Gasteiger charge is 2.20. The molecule has 0 aliphatic carbocycles. The van der Waals surface area contributed by atoms with Crippen LogP contribution in [0.4, 0.5) is 0 Å². The highest BCUT2D eigenvalue weighted by atomic mass is 16.5. The number of nitrogens with zero attached hydrogens (tertiary/aromatic N) is 1. The highest BCUT2D eigenvalue weighted by Crippen LogP contribution is 2.24. The molecular formula is C15H26N2O. The second kappa shape index (κ2) is 6.86. The van der Waals surface area contributed by atoms with Crippen molar-refractivity contribution >= 4 is 0 Å². The number of hydrogen-bond acceptors (Lipinski definition) is 3. The van der Waals surface area contributed by atoms with Crippen molar-refractivity contribution in [3.05, 3.63) is 30.1 Å². The molecule has 0 aliphatic heterocycles. The molecule has 1 heterocycles. The Kier molecular flexibility index (Phi) is 5.76. The predicted molar refractivity (Wildman–Crippen MR) is 75.3 cm³/mol. The van der Waals surface area contributed by atoms with Crippen LogP contribution in [-0.2, 0) is 4.74 Å². The van der Waals surface area contributed by atoms with Crippen LogP contribution in [0.2, 0.25) is 0 Å². The molecule has 1 aromatic rings. The Morgan fingerprint density at radius 2 is 1.89 bits per heavy atom. The van der Waals surface area contributed by atoms with E-state index >= 15 is 0 Å². The highest BCUT2D eigenvalue weighted by molar-refractivity contribution is 5.15. The zero-order valence-corrected chi connectivity index (χ0v) is 12.0. The smallest absolute Gasteiger partial charge is 0.0976 e. The number of ether oxygens (including phenoxy) is 1. The zero-order chi connectivity index (χ0) is 13.6. The third-order valence-electron chi connectivity index (χ3n) is 3.04. The van der Waals surface area contributed by atoms with E-state index in [4.69, 9.17) is 10.5 Å². The Hall–Kier alpha value is -0.930. The summed E-state index contributed by atoms with van der Waals surface area (Å²) >= 11 is 0. The minimum atomic E-state index is -0.0275. The van der Waals surface area contributed by atoms with Crippen LogP contribution in [0.3, 0.4) is 0 Å². The van der Waals surface area contributed by atoms with E-state index in [1.54, 1.807) is 12.4 Å². The average Bonchev–Trinajstić information content (AvgIpc) is 2.33. The largest absolute Gasteiger partial charge is 0.372 e. The molecule has 0 aliphatic rings. The van der Waals surface area contributed by atoms with Crippen molar-refractivity contribution in [1.82, 2.24) is 4.98 Å². The molecular weight excluding hydrogens is 224 g/mol. The Bertz CT molecular complexity index is 332. The third-order valence-corrected chi connectivity index (χ3v) is 3.04. The maximum absolute atomic E-state index is 6.15. The molecule has 0 fully saturated rings. The van der Waals surface area contributed by atoms with E-state index in [2.05, 4.69) is 32.7 Å². The van der Waals surface area contributed by atoms with Gasteiger partial charge in [-0.25, -0.2) is 0 Å². The van der Waals surface area contributed by atoms with Crippen LogP contribution in [0.5, 0.6) is 0 Å². The maximum atomic E-state index is 6.15. The molecule has 102 valence electrons. The Morgan fingerprint density at radius 1 is 1.28 bits per heavy atom. The first-order valence-corrected chi connectivity index (χ1v) is 6.71. The Balaban J connectivity index is 2.63. The molecule has 3 nitrogen and oxygen atoms in total. The number of pyridine rings is 1. The standard InChI is InChI=1S/C15H26N2O/c1-5-13(16)14(12-6-9-17-10-7-12)18-11-8-15(2,3)4/h6-7,9-10,13-14H,5,8,11,16H2,1-4H3. The number of rotatable bonds is 6. The lowest BCUT2D eigenvalue weighted by Gasteiger charge is -2.26. The van der Waals surface area contributed by atoms with Gasteiger partial charge in [0.2, 0.25) is 0 Å². The number of nitrogens with two attached hydrogens (primary N) is 1. The van der Waals surface area contributed by atoms with E-state index in [9.17, 15) is 0 Å². The number of hydrogen-bond donors (Lipinski definition) is 1. The minimum Gasteiger partial charge on any atom is -0.372 e. The summed E-state index contributed by atoms with van der Waals surface area (Å²) in [6.45, 7) is 9.49. The molecule has 1 aromatic heterocycles. The van der Waals surface area contributed by atoms with Gasteiger partial charge in [0.25, 0.3) is 0 Å². The molecule has 2 unspecified atom stereocenters. The fraction of sp³-hybridized carbons (Fsp3) is 0.667. The monoisotopic (exact) mass is 250 g/mol. The van der Waals surface area contributed by atoms with Crippen LogP contribution >= 0.6 is 0 Å². The molecule has 0 saturated carbocycles. The van der Waals surface area contributed by atoms with Crippen LogP contribution in [-0.4, -0.2) is 17.6 Å². The number of aromatic nitrogens is 1. The summed E-state index contributed by atoms with van der Waals surface area (Å²) in [6, 6.07) is 4.00. The lowest BCUT2D eigenvalue weighted by atomic mass is 9.93. The second-order valence-electron chi connectivity index (χ2n) is 5.95. The summed E-state index contributed by atoms with van der Waals surface area (Å²) in [6.07, 6.45) is 5.49. The van der Waals surface area contributed by atoms with Gasteiger partial charge in [-0.05, 0) is 36.0 Å². The summed E-state index contributed by atoms with van der Waals surface area (Å²) in [5.74, 6) is 0. The van der Waals surface area contributed by atoms with Crippen LogP contribution in [0.15, 0.2) is 24.5 Å². The molecule has 0 bridgehead atoms. The predicted octanol–water partition coefficient (Wildman–Crippen LogP) is 3.31. The van der Waals surface area contributed by atoms with Crippen molar-refractivity contribution in [3.63, 3.8) is 0 Å². The molecule has 2 N–H and O–H groups in total. The summed E-state index contributed by atoms with van der Waals surface area (Å²) in [5.41, 5.74) is 7.56. The lowest BCUT2D eigenvalue weighted by molar-refractivity contribution is 0.0198. The van der Waals surface area contributed by atoms with E-state index in [-0.39, 0.29) is 12.1 Å². The average molecular weight is 250 g/mol. The summed E-state index contributed by atoms with van der Waals surface area (Å²) < 4.78 is 6.00. The van der Waals surface area contributed by atoms with Crippen molar-refractivity contribution < 1.29 is 4.74 Å². The van der Waals surface area contributed by atoms with Crippen molar-refractivity contribution in [2.75, 3.05) is 6.61 Å². The fourth-order valence-electron chi connectivity index (χ4n) is 1.73. The first-order chi connectivity index (χ1) is 8.44. The summed E-state index contributed by atoms with van der Waals surface area (Å²) in [4.78, 5) is 4.04. The van der Waals surface area contributed by atoms with E-state index in [0.29, 0.717) is 5.41 Å². The zero-order valence-electron chi connectivity index (χ0n) is 12.0. The van der Waals surface area contributed by atoms with E-state index in [1.165, 1.54) is 0 Å². The molecule has 0 aromatic carbocycles. The molecule has 1 rings (SSSR count). The van der Waals surface area contributed by atoms with Gasteiger partial charge >= 0.3 is 0 Å². The van der Waals surface area contributed by atoms with Gasteiger partial charge in [0, 0.05) is 25.0 Å². The molecule has 3 heteroatoms. The van der Waals surface area contributed by atoms with Gasteiger partial charge < -0.3 is 10.5 Å². The second-order valence-corrected chi connectivity index (χ2v) is 5.95. The molecule has 18 heavy (non-hydrogen) atoms. The van der Waals surface area contributed by atoms with Gasteiger partial charge in [-0.2, -0.15) is 0 Å². The summed E-state index contributed by atoms with van der Waals surface area (Å²) in [5, 5.41) is 0. The van der Waals surface area contributed by atoms with E-state index in [1.807, 2.05) is 12.1 Å². The van der Waals surface area contributed by atoms with Crippen LogP contribution in [0, 0.1) is 5.41 Å². The molecule has 2 atom stereocenters. The van der Waals surface area contributed by atoms with Crippen molar-refractivity contribution in [2.45, 2.75) is 52.7 Å². The Labute approximate surface area is 111 Å². The van der Waals surface area contributed by atoms with Gasteiger partial charge in [-0.3, -0.25) is 4.98 Å². The first-order valence-electron chi connectivity index (χ1n) is 6.71. The van der Waals surface area contributed by atoms with Crippen LogP contribution in [0.25, 0.3) is 0 Å². The van der Waals surface area contributed by atoms with Gasteiger partial charge in [0.1, 0.15) is 0 Å². The lowest BCUT2D eigenvalue weighted by Crippen LogP contribution is -2.30. The van der Waals surface area contributed by atoms with Gasteiger partial charge in [0.15, 0.2) is 0 Å². The van der Waals surface area contributed by atoms with E-state index < -0.39 is 0 Å². The molecule has 0 radical (unpaired) electrons. The molecule has 0 spiro atoms. The minimum absolute atomic E-state index is 0.0275.